The normalized spacial score (nSPS) is 12.2. The van der Waals surface area contributed by atoms with Crippen molar-refractivity contribution in [3.8, 4) is 0 Å². The summed E-state index contributed by atoms with van der Waals surface area (Å²) in [5.41, 5.74) is 0. The summed E-state index contributed by atoms with van der Waals surface area (Å²) >= 11 is 0. The Hall–Kier alpha value is -2.37. The summed E-state index contributed by atoms with van der Waals surface area (Å²) in [7, 11) is 0. The number of hydrogen-bond acceptors (Lipinski definition) is 6. The fourth-order valence-corrected chi connectivity index (χ4v) is 8.12. The van der Waals surface area contributed by atoms with Crippen molar-refractivity contribution in [2.45, 2.75) is 303 Å². The van der Waals surface area contributed by atoms with E-state index < -0.39 is 6.10 Å². The van der Waals surface area contributed by atoms with Crippen LogP contribution in [-0.2, 0) is 28.6 Å². The molecule has 64 heavy (non-hydrogen) atoms. The number of rotatable bonds is 51. The summed E-state index contributed by atoms with van der Waals surface area (Å²) in [5.74, 6) is -0.904. The molecule has 0 aromatic rings. The number of carbonyl (C=O) groups is 3. The first-order valence-electron chi connectivity index (χ1n) is 28.0. The maximum atomic E-state index is 12.8. The van der Waals surface area contributed by atoms with Crippen LogP contribution in [0.2, 0.25) is 0 Å². The first-order valence-corrected chi connectivity index (χ1v) is 28.0. The summed E-state index contributed by atoms with van der Waals surface area (Å²) < 4.78 is 16.8. The van der Waals surface area contributed by atoms with Crippen LogP contribution in [0, 0.1) is 0 Å². The van der Waals surface area contributed by atoms with Gasteiger partial charge >= 0.3 is 17.9 Å². The lowest BCUT2D eigenvalue weighted by Crippen LogP contribution is -2.30. The lowest BCUT2D eigenvalue weighted by molar-refractivity contribution is -0.167. The zero-order chi connectivity index (χ0) is 46.5. The summed E-state index contributed by atoms with van der Waals surface area (Å²) in [6.07, 6.45) is 62.8. The zero-order valence-corrected chi connectivity index (χ0v) is 42.8. The molecule has 0 aliphatic rings. The van der Waals surface area contributed by atoms with Gasteiger partial charge in [-0.05, 0) is 64.2 Å². The number of carbonyl (C=O) groups excluding carboxylic acids is 3. The molecular weight excluding hydrogens is 793 g/mol. The number of ether oxygens (including phenoxy) is 3. The number of hydrogen-bond donors (Lipinski definition) is 0. The van der Waals surface area contributed by atoms with Gasteiger partial charge in [0.15, 0.2) is 6.10 Å². The zero-order valence-electron chi connectivity index (χ0n) is 42.8. The summed E-state index contributed by atoms with van der Waals surface area (Å²) in [5, 5.41) is 0. The van der Waals surface area contributed by atoms with E-state index in [1.165, 1.54) is 173 Å². The largest absolute Gasteiger partial charge is 0.462 e. The molecule has 0 bridgehead atoms. The molecule has 0 radical (unpaired) electrons. The first kappa shape index (κ1) is 61.6. The summed E-state index contributed by atoms with van der Waals surface area (Å²) in [4.78, 5) is 38.0. The Bertz CT molecular complexity index is 1080. The lowest BCUT2D eigenvalue weighted by Gasteiger charge is -2.18. The molecule has 0 amide bonds. The maximum absolute atomic E-state index is 12.8. The van der Waals surface area contributed by atoms with Gasteiger partial charge in [0, 0.05) is 19.3 Å². The van der Waals surface area contributed by atoms with E-state index in [1.54, 1.807) is 0 Å². The molecule has 6 heteroatoms. The topological polar surface area (TPSA) is 78.9 Å². The fourth-order valence-electron chi connectivity index (χ4n) is 8.12. The van der Waals surface area contributed by atoms with Crippen LogP contribution in [0.5, 0.6) is 0 Å². The van der Waals surface area contributed by atoms with Gasteiger partial charge in [-0.25, -0.2) is 0 Å². The molecule has 0 spiro atoms. The standard InChI is InChI=1S/C58H106O6/c1-4-7-10-13-16-19-22-24-26-28-29-30-32-33-36-39-42-45-48-51-57(60)63-54-55(53-62-56(59)50-47-44-41-38-35-21-18-15-12-9-6-3)64-58(61)52-49-46-43-40-37-34-31-27-25-23-20-17-14-11-8-5-2/h15,18,21,27,31,35,55H,4-14,16-17,19-20,22-26,28-30,32-34,36-54H2,1-3H3/b18-15-,31-27-,35-21-. The molecule has 1 atom stereocenters. The van der Waals surface area contributed by atoms with Crippen LogP contribution in [0.15, 0.2) is 36.5 Å². The molecule has 0 rings (SSSR count). The van der Waals surface area contributed by atoms with Crippen LogP contribution >= 0.6 is 0 Å². The summed E-state index contributed by atoms with van der Waals surface area (Å²) in [6, 6.07) is 0. The van der Waals surface area contributed by atoms with Gasteiger partial charge in [-0.1, -0.05) is 250 Å². The minimum atomic E-state index is -0.783. The molecule has 0 aromatic heterocycles. The third kappa shape index (κ3) is 50.6. The van der Waals surface area contributed by atoms with E-state index in [1.807, 2.05) is 0 Å². The second kappa shape index (κ2) is 53.2. The van der Waals surface area contributed by atoms with Crippen molar-refractivity contribution >= 4 is 17.9 Å². The molecule has 0 aliphatic heterocycles. The van der Waals surface area contributed by atoms with E-state index >= 15 is 0 Å². The van der Waals surface area contributed by atoms with Crippen LogP contribution in [0.4, 0.5) is 0 Å². The lowest BCUT2D eigenvalue weighted by atomic mass is 10.0. The number of unbranched alkanes of at least 4 members (excludes halogenated alkanes) is 35. The van der Waals surface area contributed by atoms with E-state index in [9.17, 15) is 14.4 Å². The minimum Gasteiger partial charge on any atom is -0.462 e. The van der Waals surface area contributed by atoms with E-state index in [0.29, 0.717) is 19.3 Å². The SMILES string of the molecule is CCCC/C=C\C=C/CCCCCC(=O)OCC(COC(=O)CCCCCCCCCCCCCCCCCCCCC)OC(=O)CCCCCCC/C=C\CCCCCCCCC. The fraction of sp³-hybridized carbons (Fsp3) is 0.845. The molecule has 6 nitrogen and oxygen atoms in total. The Kier molecular flexibility index (Phi) is 51.3. The Labute approximate surface area is 397 Å². The molecule has 0 saturated heterocycles. The highest BCUT2D eigenvalue weighted by molar-refractivity contribution is 5.71. The van der Waals surface area contributed by atoms with E-state index in [4.69, 9.17) is 14.2 Å². The highest BCUT2D eigenvalue weighted by Gasteiger charge is 2.19. The Morgan fingerprint density at radius 2 is 0.578 bits per heavy atom. The van der Waals surface area contributed by atoms with E-state index in [-0.39, 0.29) is 31.1 Å². The van der Waals surface area contributed by atoms with Crippen LogP contribution in [0.25, 0.3) is 0 Å². The Morgan fingerprint density at radius 3 is 0.938 bits per heavy atom. The predicted molar refractivity (Wildman–Crippen MR) is 275 cm³/mol. The average molecular weight is 899 g/mol. The second-order valence-electron chi connectivity index (χ2n) is 18.9. The van der Waals surface area contributed by atoms with E-state index in [2.05, 4.69) is 57.2 Å². The van der Waals surface area contributed by atoms with Crippen molar-refractivity contribution in [1.82, 2.24) is 0 Å². The molecule has 0 saturated carbocycles. The minimum absolute atomic E-state index is 0.0807. The molecule has 0 heterocycles. The van der Waals surface area contributed by atoms with Gasteiger partial charge in [0.05, 0.1) is 0 Å². The second-order valence-corrected chi connectivity index (χ2v) is 18.9. The van der Waals surface area contributed by atoms with Crippen molar-refractivity contribution < 1.29 is 28.6 Å². The highest BCUT2D eigenvalue weighted by atomic mass is 16.6. The third-order valence-electron chi connectivity index (χ3n) is 12.4. The van der Waals surface area contributed by atoms with Crippen molar-refractivity contribution in [3.05, 3.63) is 36.5 Å². The monoisotopic (exact) mass is 899 g/mol. The van der Waals surface area contributed by atoms with Gasteiger partial charge in [-0.15, -0.1) is 0 Å². The van der Waals surface area contributed by atoms with Gasteiger partial charge in [0.2, 0.25) is 0 Å². The highest BCUT2D eigenvalue weighted by Crippen LogP contribution is 2.16. The first-order chi connectivity index (χ1) is 31.5. The van der Waals surface area contributed by atoms with Gasteiger partial charge in [-0.3, -0.25) is 14.4 Å². The van der Waals surface area contributed by atoms with Crippen molar-refractivity contribution in [2.75, 3.05) is 13.2 Å². The molecule has 374 valence electrons. The molecule has 0 aliphatic carbocycles. The molecule has 0 aromatic carbocycles. The van der Waals surface area contributed by atoms with Crippen LogP contribution < -0.4 is 0 Å². The van der Waals surface area contributed by atoms with Crippen LogP contribution in [0.1, 0.15) is 297 Å². The van der Waals surface area contributed by atoms with Crippen LogP contribution in [0.3, 0.4) is 0 Å². The van der Waals surface area contributed by atoms with E-state index in [0.717, 1.165) is 83.5 Å². The summed E-state index contributed by atoms with van der Waals surface area (Å²) in [6.45, 7) is 6.59. The quantitative estimate of drug-likeness (QED) is 0.0199. The molecular formula is C58H106O6. The van der Waals surface area contributed by atoms with Gasteiger partial charge in [-0.2, -0.15) is 0 Å². The third-order valence-corrected chi connectivity index (χ3v) is 12.4. The molecule has 1 unspecified atom stereocenters. The van der Waals surface area contributed by atoms with Gasteiger partial charge in [0.1, 0.15) is 13.2 Å². The molecule has 0 N–H and O–H groups in total. The Morgan fingerprint density at radius 1 is 0.312 bits per heavy atom. The van der Waals surface area contributed by atoms with Crippen molar-refractivity contribution in [3.63, 3.8) is 0 Å². The number of esters is 3. The van der Waals surface area contributed by atoms with Gasteiger partial charge < -0.3 is 14.2 Å². The number of allylic oxidation sites excluding steroid dienone is 6. The average Bonchev–Trinajstić information content (AvgIpc) is 3.29. The predicted octanol–water partition coefficient (Wildman–Crippen LogP) is 18.5. The molecule has 0 fully saturated rings. The van der Waals surface area contributed by atoms with Gasteiger partial charge in [0.25, 0.3) is 0 Å². The maximum Gasteiger partial charge on any atom is 0.306 e. The Balaban J connectivity index is 4.31. The smallest absolute Gasteiger partial charge is 0.306 e. The van der Waals surface area contributed by atoms with Crippen molar-refractivity contribution in [2.24, 2.45) is 0 Å². The van der Waals surface area contributed by atoms with Crippen LogP contribution in [-0.4, -0.2) is 37.2 Å². The van der Waals surface area contributed by atoms with Crippen molar-refractivity contribution in [1.29, 1.82) is 0 Å².